The first-order chi connectivity index (χ1) is 15.1. The summed E-state index contributed by atoms with van der Waals surface area (Å²) in [5, 5.41) is 1.13. The number of aromatic nitrogens is 2. The van der Waals surface area contributed by atoms with Crippen molar-refractivity contribution in [2.75, 3.05) is 12.3 Å². The van der Waals surface area contributed by atoms with E-state index in [1.807, 2.05) is 6.07 Å². The first-order valence-corrected chi connectivity index (χ1v) is 11.2. The fourth-order valence-electron chi connectivity index (χ4n) is 3.72. The van der Waals surface area contributed by atoms with Gasteiger partial charge in [-0.25, -0.2) is 4.98 Å². The predicted molar refractivity (Wildman–Crippen MR) is 129 cm³/mol. The minimum Gasteiger partial charge on any atom is -0.492 e. The molecule has 0 saturated carbocycles. The Morgan fingerprint density at radius 2 is 1.68 bits per heavy atom. The number of nitrogen functional groups attached to an aromatic ring is 1. The zero-order valence-electron chi connectivity index (χ0n) is 17.2. The molecular weight excluding hydrogens is 429 g/mol. The number of anilines is 1. The van der Waals surface area contributed by atoms with Crippen molar-refractivity contribution in [2.24, 2.45) is 0 Å². The molecule has 0 aliphatic rings. The van der Waals surface area contributed by atoms with Crippen molar-refractivity contribution in [3.05, 3.63) is 87.9 Å². The summed E-state index contributed by atoms with van der Waals surface area (Å²) in [4.78, 5) is 4.57. The average molecular weight is 454 g/mol. The first-order valence-electron chi connectivity index (χ1n) is 10.5. The second kappa shape index (κ2) is 10.1. The molecule has 4 nitrogen and oxygen atoms in total. The van der Waals surface area contributed by atoms with E-state index < -0.39 is 0 Å². The molecule has 0 aliphatic heterocycles. The summed E-state index contributed by atoms with van der Waals surface area (Å²) >= 11 is 12.1. The smallest absolute Gasteiger partial charge is 0.201 e. The number of nitrogens with zero attached hydrogens (tertiary/aromatic N) is 2. The van der Waals surface area contributed by atoms with Crippen LogP contribution in [0.15, 0.2) is 66.7 Å². The number of fused-ring (bicyclic) bond motifs is 1. The van der Waals surface area contributed by atoms with Crippen LogP contribution in [0.1, 0.15) is 24.0 Å². The van der Waals surface area contributed by atoms with E-state index in [1.54, 1.807) is 18.2 Å². The van der Waals surface area contributed by atoms with Crippen LogP contribution < -0.4 is 10.5 Å². The summed E-state index contributed by atoms with van der Waals surface area (Å²) in [7, 11) is 0. The molecule has 0 radical (unpaired) electrons. The lowest BCUT2D eigenvalue weighted by Gasteiger charge is -2.09. The molecule has 1 heterocycles. The van der Waals surface area contributed by atoms with E-state index >= 15 is 0 Å². The number of hydrogen-bond donors (Lipinski definition) is 1. The van der Waals surface area contributed by atoms with Gasteiger partial charge in [-0.05, 0) is 67.1 Å². The van der Waals surface area contributed by atoms with Gasteiger partial charge in [-0.15, -0.1) is 0 Å². The highest BCUT2D eigenvalue weighted by Crippen LogP contribution is 2.27. The van der Waals surface area contributed by atoms with Crippen LogP contribution in [-0.4, -0.2) is 16.2 Å². The fourth-order valence-corrected chi connectivity index (χ4v) is 4.18. The van der Waals surface area contributed by atoms with E-state index in [2.05, 4.69) is 52.0 Å². The molecule has 6 heteroatoms. The highest BCUT2D eigenvalue weighted by atomic mass is 35.5. The molecule has 0 unspecified atom stereocenters. The number of aryl methyl sites for hydroxylation is 3. The Bertz CT molecular complexity index is 1160. The fraction of sp³-hybridized carbons (Fsp3) is 0.240. The van der Waals surface area contributed by atoms with Gasteiger partial charge in [0.05, 0.1) is 22.7 Å². The molecule has 0 saturated heterocycles. The molecule has 0 bridgehead atoms. The number of hydrogen-bond acceptors (Lipinski definition) is 3. The highest BCUT2D eigenvalue weighted by molar-refractivity contribution is 6.35. The van der Waals surface area contributed by atoms with Gasteiger partial charge in [-0.2, -0.15) is 0 Å². The number of rotatable bonds is 9. The molecular formula is C25H25Cl2N3O. The average Bonchev–Trinajstić information content (AvgIpc) is 3.07. The van der Waals surface area contributed by atoms with Crippen molar-refractivity contribution in [3.8, 4) is 5.75 Å². The Hall–Kier alpha value is -2.69. The van der Waals surface area contributed by atoms with E-state index in [4.69, 9.17) is 33.7 Å². The van der Waals surface area contributed by atoms with Gasteiger partial charge in [-0.3, -0.25) is 0 Å². The summed E-state index contributed by atoms with van der Waals surface area (Å²) in [5.74, 6) is 1.23. The second-order valence-electron chi connectivity index (χ2n) is 7.56. The Morgan fingerprint density at radius 3 is 2.48 bits per heavy atom. The summed E-state index contributed by atoms with van der Waals surface area (Å²) in [6, 6.07) is 22.2. The molecule has 0 spiro atoms. The number of ether oxygens (including phenoxy) is 1. The van der Waals surface area contributed by atoms with Gasteiger partial charge in [-0.1, -0.05) is 59.6 Å². The minimum atomic E-state index is 0.530. The van der Waals surface area contributed by atoms with Crippen molar-refractivity contribution in [3.63, 3.8) is 0 Å². The van der Waals surface area contributed by atoms with Crippen molar-refractivity contribution in [1.29, 1.82) is 0 Å². The van der Waals surface area contributed by atoms with E-state index in [9.17, 15) is 0 Å². The summed E-state index contributed by atoms with van der Waals surface area (Å²) < 4.78 is 7.88. The molecule has 0 aliphatic carbocycles. The topological polar surface area (TPSA) is 53.1 Å². The van der Waals surface area contributed by atoms with E-state index in [1.165, 1.54) is 11.1 Å². The largest absolute Gasteiger partial charge is 0.492 e. The molecule has 2 N–H and O–H groups in total. The van der Waals surface area contributed by atoms with Crippen molar-refractivity contribution in [1.82, 2.24) is 9.55 Å². The molecule has 0 atom stereocenters. The third-order valence-electron chi connectivity index (χ3n) is 5.29. The molecule has 4 aromatic rings. The van der Waals surface area contributed by atoms with Gasteiger partial charge in [0.15, 0.2) is 0 Å². The highest BCUT2D eigenvalue weighted by Gasteiger charge is 2.09. The zero-order valence-corrected chi connectivity index (χ0v) is 18.7. The minimum absolute atomic E-state index is 0.530. The van der Waals surface area contributed by atoms with Crippen LogP contribution in [-0.2, 0) is 19.4 Å². The Balaban J connectivity index is 1.33. The molecule has 1 aromatic heterocycles. The van der Waals surface area contributed by atoms with E-state index in [0.717, 1.165) is 43.3 Å². The number of benzene rings is 3. The van der Waals surface area contributed by atoms with Crippen LogP contribution in [0.5, 0.6) is 5.75 Å². The number of halogens is 2. The molecule has 0 amide bonds. The van der Waals surface area contributed by atoms with Crippen LogP contribution in [0, 0.1) is 0 Å². The third-order valence-corrected chi connectivity index (χ3v) is 5.82. The van der Waals surface area contributed by atoms with Crippen molar-refractivity contribution < 1.29 is 4.74 Å². The van der Waals surface area contributed by atoms with Gasteiger partial charge in [0.1, 0.15) is 5.75 Å². The third kappa shape index (κ3) is 5.52. The van der Waals surface area contributed by atoms with E-state index in [0.29, 0.717) is 28.3 Å². The monoisotopic (exact) mass is 453 g/mol. The lowest BCUT2D eigenvalue weighted by atomic mass is 10.1. The van der Waals surface area contributed by atoms with Gasteiger partial charge in [0, 0.05) is 11.6 Å². The van der Waals surface area contributed by atoms with Gasteiger partial charge in [0.2, 0.25) is 5.95 Å². The normalized spacial score (nSPS) is 11.2. The summed E-state index contributed by atoms with van der Waals surface area (Å²) in [5.41, 5.74) is 10.8. The van der Waals surface area contributed by atoms with Crippen molar-refractivity contribution in [2.45, 2.75) is 32.2 Å². The maximum atomic E-state index is 6.20. The van der Waals surface area contributed by atoms with Crippen LogP contribution in [0.25, 0.3) is 11.0 Å². The first kappa shape index (κ1) is 21.5. The van der Waals surface area contributed by atoms with Crippen LogP contribution in [0.2, 0.25) is 10.0 Å². The van der Waals surface area contributed by atoms with Gasteiger partial charge in [0.25, 0.3) is 0 Å². The summed E-state index contributed by atoms with van der Waals surface area (Å²) in [6.07, 6.45) is 3.81. The maximum Gasteiger partial charge on any atom is 0.201 e. The molecule has 4 rings (SSSR count). The van der Waals surface area contributed by atoms with Crippen LogP contribution in [0.3, 0.4) is 0 Å². The lowest BCUT2D eigenvalue weighted by Crippen LogP contribution is -2.04. The van der Waals surface area contributed by atoms with E-state index in [-0.39, 0.29) is 0 Å². The number of nitrogens with two attached hydrogens (primary N) is 1. The van der Waals surface area contributed by atoms with Crippen LogP contribution >= 0.6 is 23.2 Å². The maximum absolute atomic E-state index is 6.20. The van der Waals surface area contributed by atoms with Crippen molar-refractivity contribution >= 4 is 40.2 Å². The lowest BCUT2D eigenvalue weighted by molar-refractivity contribution is 0.311. The molecule has 3 aromatic carbocycles. The predicted octanol–water partition coefficient (Wildman–Crippen LogP) is 6.57. The van der Waals surface area contributed by atoms with Gasteiger partial charge >= 0.3 is 0 Å². The zero-order chi connectivity index (χ0) is 21.6. The Morgan fingerprint density at radius 1 is 0.871 bits per heavy atom. The molecule has 31 heavy (non-hydrogen) atoms. The standard InChI is InChI=1S/C25H25Cl2N3O/c26-20-11-13-24(21(27)17-20)31-15-5-9-19-10-12-23-22(16-19)29-25(28)30(23)14-4-8-18-6-2-1-3-7-18/h1-3,6-7,10-13,16-17H,4-5,8-9,14-15H2,(H2,28,29). The van der Waals surface area contributed by atoms with Gasteiger partial charge < -0.3 is 15.0 Å². The summed E-state index contributed by atoms with van der Waals surface area (Å²) in [6.45, 7) is 1.43. The Labute approximate surface area is 192 Å². The SMILES string of the molecule is Nc1nc2cc(CCCOc3ccc(Cl)cc3Cl)ccc2n1CCCc1ccccc1. The Kier molecular flexibility index (Phi) is 7.00. The molecule has 0 fully saturated rings. The number of imidazole rings is 1. The quantitative estimate of drug-likeness (QED) is 0.291. The molecule has 160 valence electrons. The van der Waals surface area contributed by atoms with Crippen LogP contribution in [0.4, 0.5) is 5.95 Å². The second-order valence-corrected chi connectivity index (χ2v) is 8.40.